The average Bonchev–Trinajstić information content (AvgIpc) is 2.32. The third kappa shape index (κ3) is 11.3. The Morgan fingerprint density at radius 1 is 1.17 bits per heavy atom. The van der Waals surface area contributed by atoms with Gasteiger partial charge in [0.05, 0.1) is 0 Å². The van der Waals surface area contributed by atoms with Gasteiger partial charge in [-0.05, 0) is 33.6 Å². The van der Waals surface area contributed by atoms with Gasteiger partial charge in [0.15, 0.2) is 0 Å². The van der Waals surface area contributed by atoms with Gasteiger partial charge in [0.1, 0.15) is 0 Å². The van der Waals surface area contributed by atoms with Crippen molar-refractivity contribution in [3.63, 3.8) is 0 Å². The molecule has 0 aromatic rings. The van der Waals surface area contributed by atoms with Gasteiger partial charge in [0.25, 0.3) is 0 Å². The highest BCUT2D eigenvalue weighted by Crippen LogP contribution is 2.39. The lowest BCUT2D eigenvalue weighted by Gasteiger charge is -2.22. The van der Waals surface area contributed by atoms with Crippen LogP contribution < -0.4 is 5.32 Å². The molecule has 0 unspecified atom stereocenters. The molecule has 0 aliphatic carbocycles. The summed E-state index contributed by atoms with van der Waals surface area (Å²) in [6.45, 7) is 9.40. The molecule has 108 valence electrons. The smallest absolute Gasteiger partial charge is 0.220 e. The number of rotatable bonds is 11. The van der Waals surface area contributed by atoms with Crippen molar-refractivity contribution in [1.29, 1.82) is 0 Å². The molecular formula is C14H29NOS2. The first-order valence-corrected chi connectivity index (χ1v) is 9.41. The van der Waals surface area contributed by atoms with Crippen LogP contribution in [0.3, 0.4) is 0 Å². The zero-order valence-electron chi connectivity index (χ0n) is 12.4. The monoisotopic (exact) mass is 291 g/mol. The van der Waals surface area contributed by atoms with Crippen molar-refractivity contribution < 1.29 is 4.79 Å². The minimum atomic E-state index is 0.180. The second kappa shape index (κ2) is 11.0. The topological polar surface area (TPSA) is 29.1 Å². The molecule has 0 rings (SSSR count). The molecule has 0 spiro atoms. The van der Waals surface area contributed by atoms with Gasteiger partial charge in [-0.15, -0.1) is 0 Å². The van der Waals surface area contributed by atoms with E-state index in [1.165, 1.54) is 31.4 Å². The summed E-state index contributed by atoms with van der Waals surface area (Å²) in [5.41, 5.74) is 0. The van der Waals surface area contributed by atoms with Crippen LogP contribution in [-0.4, -0.2) is 23.0 Å². The summed E-state index contributed by atoms with van der Waals surface area (Å²) < 4.78 is 0.195. The maximum atomic E-state index is 11.4. The van der Waals surface area contributed by atoms with Crippen molar-refractivity contribution in [2.45, 2.75) is 71.0 Å². The highest BCUT2D eigenvalue weighted by atomic mass is 33.1. The van der Waals surface area contributed by atoms with Crippen LogP contribution >= 0.6 is 21.6 Å². The van der Waals surface area contributed by atoms with Crippen LogP contribution in [0, 0.1) is 0 Å². The molecule has 0 bridgehead atoms. The van der Waals surface area contributed by atoms with Crippen LogP contribution in [0.25, 0.3) is 0 Å². The first-order chi connectivity index (χ1) is 8.52. The predicted octanol–water partition coefficient (Wildman–Crippen LogP) is 4.64. The molecule has 18 heavy (non-hydrogen) atoms. The number of carbonyl (C=O) groups is 1. The van der Waals surface area contributed by atoms with Crippen molar-refractivity contribution in [2.75, 3.05) is 12.3 Å². The molecule has 1 amide bonds. The van der Waals surface area contributed by atoms with Gasteiger partial charge in [-0.25, -0.2) is 0 Å². The van der Waals surface area contributed by atoms with E-state index in [2.05, 4.69) is 26.1 Å². The molecule has 4 heteroatoms. The zero-order valence-corrected chi connectivity index (χ0v) is 14.0. The highest BCUT2D eigenvalue weighted by Gasteiger charge is 2.20. The molecule has 0 fully saturated rings. The lowest BCUT2D eigenvalue weighted by atomic mass is 10.1. The molecule has 0 radical (unpaired) electrons. The Hall–Kier alpha value is 0.170. The number of unbranched alkanes of at least 4 members (excludes halogenated alkanes) is 3. The predicted molar refractivity (Wildman–Crippen MR) is 86.2 cm³/mol. The second-order valence-electron chi connectivity index (χ2n) is 5.18. The Morgan fingerprint density at radius 2 is 1.89 bits per heavy atom. The Balaban J connectivity index is 3.57. The van der Waals surface area contributed by atoms with Gasteiger partial charge >= 0.3 is 0 Å². The number of carbonyl (C=O) groups excluding carboxylic acids is 1. The third-order valence-corrected chi connectivity index (χ3v) is 6.13. The molecule has 0 aromatic carbocycles. The maximum Gasteiger partial charge on any atom is 0.220 e. The van der Waals surface area contributed by atoms with Crippen molar-refractivity contribution in [3.8, 4) is 0 Å². The van der Waals surface area contributed by atoms with Crippen LogP contribution in [0.4, 0.5) is 0 Å². The van der Waals surface area contributed by atoms with Gasteiger partial charge in [-0.2, -0.15) is 0 Å². The van der Waals surface area contributed by atoms with Crippen molar-refractivity contribution in [1.82, 2.24) is 5.32 Å². The van der Waals surface area contributed by atoms with Crippen LogP contribution in [0.5, 0.6) is 0 Å². The van der Waals surface area contributed by atoms with Gasteiger partial charge in [-0.3, -0.25) is 4.79 Å². The number of nitrogens with one attached hydrogen (secondary N) is 1. The van der Waals surface area contributed by atoms with Gasteiger partial charge < -0.3 is 5.32 Å². The summed E-state index contributed by atoms with van der Waals surface area (Å²) in [5, 5.41) is 2.85. The molecule has 0 atom stereocenters. The Kier molecular flexibility index (Phi) is 11.1. The molecule has 0 aliphatic heterocycles. The standard InChI is InChI=1S/C14H29NOS2/c1-5-7-8-9-12-17-18-14(3,4)11-10-13(16)15-6-2/h5-12H2,1-4H3,(H,15,16). The third-order valence-electron chi connectivity index (χ3n) is 2.69. The molecule has 0 heterocycles. The Bertz CT molecular complexity index is 220. The average molecular weight is 292 g/mol. The maximum absolute atomic E-state index is 11.4. The fourth-order valence-electron chi connectivity index (χ4n) is 1.53. The fourth-order valence-corrected chi connectivity index (χ4v) is 4.25. The summed E-state index contributed by atoms with van der Waals surface area (Å²) in [6.07, 6.45) is 6.92. The minimum Gasteiger partial charge on any atom is -0.356 e. The largest absolute Gasteiger partial charge is 0.356 e. The molecule has 0 saturated carbocycles. The summed E-state index contributed by atoms with van der Waals surface area (Å²) >= 11 is 0. The summed E-state index contributed by atoms with van der Waals surface area (Å²) in [6, 6.07) is 0. The van der Waals surface area contributed by atoms with E-state index in [0.717, 1.165) is 13.0 Å². The summed E-state index contributed by atoms with van der Waals surface area (Å²) in [7, 11) is 3.89. The first kappa shape index (κ1) is 18.2. The lowest BCUT2D eigenvalue weighted by Crippen LogP contribution is -2.25. The molecule has 2 nitrogen and oxygen atoms in total. The van der Waals surface area contributed by atoms with E-state index in [9.17, 15) is 4.79 Å². The van der Waals surface area contributed by atoms with Gasteiger partial charge in [0.2, 0.25) is 5.91 Å². The van der Waals surface area contributed by atoms with Crippen LogP contribution in [0.1, 0.15) is 66.2 Å². The first-order valence-electron chi connectivity index (χ1n) is 7.09. The highest BCUT2D eigenvalue weighted by molar-refractivity contribution is 8.77. The van der Waals surface area contributed by atoms with Crippen LogP contribution in [-0.2, 0) is 4.79 Å². The van der Waals surface area contributed by atoms with Crippen LogP contribution in [0.15, 0.2) is 0 Å². The Labute approximate surface area is 121 Å². The molecule has 0 aliphatic rings. The normalized spacial score (nSPS) is 11.6. The van der Waals surface area contributed by atoms with Crippen molar-refractivity contribution in [2.24, 2.45) is 0 Å². The minimum absolute atomic E-state index is 0.180. The van der Waals surface area contributed by atoms with E-state index in [1.54, 1.807) is 0 Å². The number of hydrogen-bond donors (Lipinski definition) is 1. The molecular weight excluding hydrogens is 262 g/mol. The molecule has 0 aromatic heterocycles. The van der Waals surface area contributed by atoms with Gasteiger partial charge in [-0.1, -0.05) is 47.8 Å². The van der Waals surface area contributed by atoms with E-state index >= 15 is 0 Å². The second-order valence-corrected chi connectivity index (χ2v) is 8.30. The van der Waals surface area contributed by atoms with Crippen molar-refractivity contribution in [3.05, 3.63) is 0 Å². The summed E-state index contributed by atoms with van der Waals surface area (Å²) in [5.74, 6) is 1.41. The quantitative estimate of drug-likeness (QED) is 0.444. The molecule has 0 saturated heterocycles. The van der Waals surface area contributed by atoms with Gasteiger partial charge in [0, 0.05) is 23.5 Å². The van der Waals surface area contributed by atoms with Crippen molar-refractivity contribution >= 4 is 27.5 Å². The molecule has 1 N–H and O–H groups in total. The van der Waals surface area contributed by atoms with E-state index in [0.29, 0.717) is 6.42 Å². The zero-order chi connectivity index (χ0) is 13.9. The van der Waals surface area contributed by atoms with Crippen LogP contribution in [0.2, 0.25) is 0 Å². The Morgan fingerprint density at radius 3 is 2.50 bits per heavy atom. The van der Waals surface area contributed by atoms with E-state index in [4.69, 9.17) is 0 Å². The lowest BCUT2D eigenvalue weighted by molar-refractivity contribution is -0.121. The number of amides is 1. The van der Waals surface area contributed by atoms with E-state index < -0.39 is 0 Å². The fraction of sp³-hybridized carbons (Fsp3) is 0.929. The SMILES string of the molecule is CCCCCCSSC(C)(C)CCC(=O)NCC. The van der Waals surface area contributed by atoms with E-state index in [1.807, 2.05) is 28.5 Å². The number of hydrogen-bond acceptors (Lipinski definition) is 3. The summed E-state index contributed by atoms with van der Waals surface area (Å²) in [4.78, 5) is 11.4. The van der Waals surface area contributed by atoms with E-state index in [-0.39, 0.29) is 10.7 Å².